The van der Waals surface area contributed by atoms with Crippen molar-refractivity contribution >= 4 is 11.9 Å². The molecule has 1 amide bonds. The summed E-state index contributed by atoms with van der Waals surface area (Å²) >= 11 is 0. The second-order valence-electron chi connectivity index (χ2n) is 5.64. The summed E-state index contributed by atoms with van der Waals surface area (Å²) in [7, 11) is 1.53. The van der Waals surface area contributed by atoms with Crippen LogP contribution in [0.2, 0.25) is 0 Å². The predicted octanol–water partition coefficient (Wildman–Crippen LogP) is 2.13. The van der Waals surface area contributed by atoms with Gasteiger partial charge in [0.2, 0.25) is 5.91 Å². The molecule has 0 saturated heterocycles. The Morgan fingerprint density at radius 3 is 2.74 bits per heavy atom. The minimum Gasteiger partial charge on any atom is -0.507 e. The number of allylic oxidation sites excluding steroid dienone is 2. The lowest BCUT2D eigenvalue weighted by atomic mass is 9.94. The number of phenols is 1. The van der Waals surface area contributed by atoms with Gasteiger partial charge in [0.1, 0.15) is 23.7 Å². The zero-order chi connectivity index (χ0) is 17.1. The first kappa shape index (κ1) is 16.9. The molecule has 0 radical (unpaired) electrons. The molecule has 0 atom stereocenters. The van der Waals surface area contributed by atoms with Crippen LogP contribution in [0.3, 0.4) is 0 Å². The van der Waals surface area contributed by atoms with Gasteiger partial charge < -0.3 is 20.3 Å². The summed E-state index contributed by atoms with van der Waals surface area (Å²) in [6.45, 7) is 3.88. The lowest BCUT2D eigenvalue weighted by Gasteiger charge is -2.15. The molecule has 0 fully saturated rings. The second-order valence-corrected chi connectivity index (χ2v) is 5.64. The van der Waals surface area contributed by atoms with Crippen LogP contribution in [0.1, 0.15) is 46.8 Å². The number of cyclic esters (lactones) is 1. The van der Waals surface area contributed by atoms with Crippen molar-refractivity contribution in [3.63, 3.8) is 0 Å². The molecule has 0 saturated carbocycles. The van der Waals surface area contributed by atoms with Crippen molar-refractivity contribution in [2.75, 3.05) is 7.11 Å². The Balaban J connectivity index is 2.37. The topological polar surface area (TPSA) is 98.9 Å². The largest absolute Gasteiger partial charge is 0.507 e. The number of benzene rings is 1. The number of primary amides is 1. The van der Waals surface area contributed by atoms with E-state index in [0.29, 0.717) is 29.7 Å². The Morgan fingerprint density at radius 2 is 2.13 bits per heavy atom. The molecule has 6 nitrogen and oxygen atoms in total. The number of ether oxygens (including phenoxy) is 2. The molecule has 124 valence electrons. The first-order chi connectivity index (χ1) is 10.9. The Morgan fingerprint density at radius 1 is 1.43 bits per heavy atom. The lowest BCUT2D eigenvalue weighted by Crippen LogP contribution is -2.09. The van der Waals surface area contributed by atoms with Crippen molar-refractivity contribution in [1.82, 2.24) is 0 Å². The van der Waals surface area contributed by atoms with Crippen molar-refractivity contribution in [2.24, 2.45) is 5.73 Å². The molecule has 1 heterocycles. The Hall–Kier alpha value is -2.50. The molecule has 0 spiro atoms. The van der Waals surface area contributed by atoms with Gasteiger partial charge in [-0.1, -0.05) is 11.6 Å². The zero-order valence-electron chi connectivity index (χ0n) is 13.6. The van der Waals surface area contributed by atoms with Gasteiger partial charge in [-0.15, -0.1) is 0 Å². The number of aromatic hydroxyl groups is 1. The van der Waals surface area contributed by atoms with E-state index in [-0.39, 0.29) is 30.2 Å². The molecule has 23 heavy (non-hydrogen) atoms. The van der Waals surface area contributed by atoms with E-state index in [0.717, 1.165) is 11.1 Å². The van der Waals surface area contributed by atoms with Crippen molar-refractivity contribution in [1.29, 1.82) is 0 Å². The lowest BCUT2D eigenvalue weighted by molar-refractivity contribution is -0.117. The maximum atomic E-state index is 11.8. The summed E-state index contributed by atoms with van der Waals surface area (Å²) in [5.41, 5.74) is 8.35. The van der Waals surface area contributed by atoms with Crippen molar-refractivity contribution < 1.29 is 24.2 Å². The minimum atomic E-state index is -0.515. The first-order valence-corrected chi connectivity index (χ1v) is 7.39. The van der Waals surface area contributed by atoms with Crippen molar-refractivity contribution in [3.05, 3.63) is 33.9 Å². The summed E-state index contributed by atoms with van der Waals surface area (Å²) in [4.78, 5) is 22.6. The molecule has 6 heteroatoms. The van der Waals surface area contributed by atoms with Gasteiger partial charge in [0.05, 0.1) is 7.11 Å². The standard InChI is InChI=1S/C17H21NO5/c1-9(5-7-13(18)19)4-6-11-15(20)14-12(8-23-17(14)21)10(2)16(11)22-3/h4,20H,5-8H2,1-3H3,(H2,18,19)/b9-4+. The average molecular weight is 319 g/mol. The molecular formula is C17H21NO5. The molecule has 1 aliphatic rings. The number of carbonyl (C=O) groups is 2. The maximum absolute atomic E-state index is 11.8. The highest BCUT2D eigenvalue weighted by molar-refractivity contribution is 5.98. The zero-order valence-corrected chi connectivity index (χ0v) is 13.6. The predicted molar refractivity (Wildman–Crippen MR) is 84.4 cm³/mol. The Labute approximate surface area is 134 Å². The number of fused-ring (bicyclic) bond motifs is 1. The third kappa shape index (κ3) is 3.31. The van der Waals surface area contributed by atoms with Gasteiger partial charge in [-0.05, 0) is 32.3 Å². The summed E-state index contributed by atoms with van der Waals surface area (Å²) in [5.74, 6) is -0.407. The molecular weight excluding hydrogens is 298 g/mol. The van der Waals surface area contributed by atoms with E-state index in [4.69, 9.17) is 15.2 Å². The fraction of sp³-hybridized carbons (Fsp3) is 0.412. The van der Waals surface area contributed by atoms with Crippen LogP contribution in [-0.2, 0) is 22.6 Å². The van der Waals surface area contributed by atoms with Crippen LogP contribution in [-0.4, -0.2) is 24.1 Å². The molecule has 0 bridgehead atoms. The molecule has 1 aromatic carbocycles. The summed E-state index contributed by atoms with van der Waals surface area (Å²) in [6, 6.07) is 0. The number of carbonyl (C=O) groups excluding carboxylic acids is 2. The van der Waals surface area contributed by atoms with Gasteiger partial charge in [-0.25, -0.2) is 4.79 Å². The monoisotopic (exact) mass is 319 g/mol. The Kier molecular flexibility index (Phi) is 4.93. The highest BCUT2D eigenvalue weighted by atomic mass is 16.5. The van der Waals surface area contributed by atoms with Gasteiger partial charge in [-0.3, -0.25) is 4.79 Å². The number of methoxy groups -OCH3 is 1. The highest BCUT2D eigenvalue weighted by Crippen LogP contribution is 2.41. The molecule has 3 N–H and O–H groups in total. The van der Waals surface area contributed by atoms with E-state index >= 15 is 0 Å². The minimum absolute atomic E-state index is 0.0936. The number of esters is 1. The van der Waals surface area contributed by atoms with Gasteiger partial charge in [-0.2, -0.15) is 0 Å². The molecule has 1 aliphatic heterocycles. The summed E-state index contributed by atoms with van der Waals surface area (Å²) < 4.78 is 10.4. The molecule has 2 rings (SSSR count). The van der Waals surface area contributed by atoms with E-state index in [9.17, 15) is 14.7 Å². The quantitative estimate of drug-likeness (QED) is 0.618. The fourth-order valence-electron chi connectivity index (χ4n) is 2.73. The third-order valence-corrected chi connectivity index (χ3v) is 4.07. The molecule has 0 aromatic heterocycles. The van der Waals surface area contributed by atoms with Crippen LogP contribution in [0, 0.1) is 6.92 Å². The van der Waals surface area contributed by atoms with E-state index in [1.807, 2.05) is 19.9 Å². The van der Waals surface area contributed by atoms with E-state index < -0.39 is 5.97 Å². The van der Waals surface area contributed by atoms with Crippen LogP contribution in [0.15, 0.2) is 11.6 Å². The summed E-state index contributed by atoms with van der Waals surface area (Å²) in [5, 5.41) is 10.5. The van der Waals surface area contributed by atoms with Crippen LogP contribution >= 0.6 is 0 Å². The smallest absolute Gasteiger partial charge is 0.342 e. The number of hydrogen-bond acceptors (Lipinski definition) is 5. The second kappa shape index (κ2) is 6.73. The van der Waals surface area contributed by atoms with Crippen LogP contribution in [0.4, 0.5) is 0 Å². The Bertz CT molecular complexity index is 691. The average Bonchev–Trinajstić information content (AvgIpc) is 2.89. The number of hydrogen-bond donors (Lipinski definition) is 2. The first-order valence-electron chi connectivity index (χ1n) is 7.39. The van der Waals surface area contributed by atoms with Crippen molar-refractivity contribution in [2.45, 2.75) is 39.7 Å². The van der Waals surface area contributed by atoms with Crippen LogP contribution in [0.25, 0.3) is 0 Å². The normalized spacial score (nSPS) is 13.7. The SMILES string of the molecule is COc1c(C)c2c(c(O)c1C/C=C(\C)CCC(N)=O)C(=O)OC2. The van der Waals surface area contributed by atoms with E-state index in [1.54, 1.807) is 0 Å². The van der Waals surface area contributed by atoms with Gasteiger partial charge in [0.15, 0.2) is 0 Å². The number of amides is 1. The number of nitrogens with two attached hydrogens (primary N) is 1. The van der Waals surface area contributed by atoms with Gasteiger partial charge in [0.25, 0.3) is 0 Å². The van der Waals surface area contributed by atoms with Gasteiger partial charge in [0, 0.05) is 17.5 Å². The van der Waals surface area contributed by atoms with Crippen LogP contribution in [0.5, 0.6) is 11.5 Å². The maximum Gasteiger partial charge on any atom is 0.342 e. The molecule has 1 aromatic rings. The van der Waals surface area contributed by atoms with Crippen molar-refractivity contribution in [3.8, 4) is 11.5 Å². The van der Waals surface area contributed by atoms with E-state index in [2.05, 4.69) is 0 Å². The third-order valence-electron chi connectivity index (χ3n) is 4.07. The molecule has 0 aliphatic carbocycles. The van der Waals surface area contributed by atoms with Crippen LogP contribution < -0.4 is 10.5 Å². The highest BCUT2D eigenvalue weighted by Gasteiger charge is 2.31. The number of rotatable bonds is 6. The fourth-order valence-corrected chi connectivity index (χ4v) is 2.73. The summed E-state index contributed by atoms with van der Waals surface area (Å²) in [6.07, 6.45) is 3.12. The number of phenolic OH excluding ortho intramolecular Hbond substituents is 1. The van der Waals surface area contributed by atoms with Gasteiger partial charge >= 0.3 is 5.97 Å². The molecule has 0 unspecified atom stereocenters. The van der Waals surface area contributed by atoms with E-state index in [1.165, 1.54) is 7.11 Å².